The molecule has 4 rings (SSSR count). The number of hydrogen-bond acceptors (Lipinski definition) is 1. The SMILES string of the molecule is BrCCOc1ccccc1.c1ccc(P(c2ccccc2)c2ccccc2)cc1. The predicted octanol–water partition coefficient (Wildman–Crippen LogP) is 5.91. The van der Waals surface area contributed by atoms with Crippen LogP contribution < -0.4 is 20.7 Å². The average Bonchev–Trinajstić information content (AvgIpc) is 2.81. The molecule has 29 heavy (non-hydrogen) atoms. The highest BCUT2D eigenvalue weighted by Crippen LogP contribution is 2.32. The lowest BCUT2D eigenvalue weighted by molar-refractivity contribution is 0.345. The molecule has 0 unspecified atom stereocenters. The van der Waals surface area contributed by atoms with Crippen LogP contribution in [0.4, 0.5) is 0 Å². The molecule has 0 fully saturated rings. The van der Waals surface area contributed by atoms with Gasteiger partial charge >= 0.3 is 0 Å². The molecule has 146 valence electrons. The number of ether oxygens (including phenoxy) is 1. The molecule has 4 aromatic carbocycles. The molecule has 0 atom stereocenters. The summed E-state index contributed by atoms with van der Waals surface area (Å²) in [6, 6.07) is 42.1. The first kappa shape index (κ1) is 21.3. The largest absolute Gasteiger partial charge is 0.493 e. The molecule has 0 radical (unpaired) electrons. The highest BCUT2D eigenvalue weighted by atomic mass is 79.9. The summed E-state index contributed by atoms with van der Waals surface area (Å²) in [6.45, 7) is 0.726. The van der Waals surface area contributed by atoms with Gasteiger partial charge in [-0.05, 0) is 36.0 Å². The van der Waals surface area contributed by atoms with E-state index >= 15 is 0 Å². The predicted molar refractivity (Wildman–Crippen MR) is 131 cm³/mol. The van der Waals surface area contributed by atoms with Crippen molar-refractivity contribution >= 4 is 39.8 Å². The molecule has 0 N–H and O–H groups in total. The third kappa shape index (κ3) is 6.85. The van der Waals surface area contributed by atoms with Crippen LogP contribution in [0.3, 0.4) is 0 Å². The van der Waals surface area contributed by atoms with Gasteiger partial charge in [-0.1, -0.05) is 125 Å². The smallest absolute Gasteiger partial charge is 0.119 e. The summed E-state index contributed by atoms with van der Waals surface area (Å²) in [7, 11) is -0.446. The van der Waals surface area contributed by atoms with Crippen molar-refractivity contribution in [1.29, 1.82) is 0 Å². The van der Waals surface area contributed by atoms with Crippen LogP contribution in [0.15, 0.2) is 121 Å². The summed E-state index contributed by atoms with van der Waals surface area (Å²) in [5, 5.41) is 5.07. The Morgan fingerprint density at radius 1 is 0.517 bits per heavy atom. The molecule has 1 nitrogen and oxygen atoms in total. The van der Waals surface area contributed by atoms with Crippen LogP contribution in [0.2, 0.25) is 0 Å². The third-order valence-electron chi connectivity index (χ3n) is 4.13. The number of alkyl halides is 1. The van der Waals surface area contributed by atoms with E-state index in [4.69, 9.17) is 4.74 Å². The molecule has 0 amide bonds. The van der Waals surface area contributed by atoms with Gasteiger partial charge in [-0.3, -0.25) is 0 Å². The standard InChI is InChI=1S/C18H15P.C8H9BrO/c1-4-10-16(11-5-1)19(17-12-6-2-7-13-17)18-14-8-3-9-15-18;9-6-7-10-8-4-2-1-3-5-8/h1-15H;1-5H,6-7H2. The molecular weight excluding hydrogens is 439 g/mol. The maximum atomic E-state index is 5.31. The molecule has 3 heteroatoms. The van der Waals surface area contributed by atoms with Crippen LogP contribution >= 0.6 is 23.9 Å². The lowest BCUT2D eigenvalue weighted by Gasteiger charge is -2.18. The first-order valence-electron chi connectivity index (χ1n) is 9.57. The summed E-state index contributed by atoms with van der Waals surface area (Å²) < 4.78 is 5.31. The second-order valence-corrected chi connectivity index (χ2v) is 9.21. The highest BCUT2D eigenvalue weighted by molar-refractivity contribution is 9.09. The molecule has 4 aromatic rings. The van der Waals surface area contributed by atoms with Gasteiger partial charge in [0.1, 0.15) is 5.75 Å². The van der Waals surface area contributed by atoms with Crippen LogP contribution in [0.5, 0.6) is 5.75 Å². The fraction of sp³-hybridized carbons (Fsp3) is 0.0769. The Hall–Kier alpha value is -2.41. The van der Waals surface area contributed by atoms with Crippen molar-refractivity contribution in [3.8, 4) is 5.75 Å². The van der Waals surface area contributed by atoms with Gasteiger partial charge < -0.3 is 4.74 Å². The number of para-hydroxylation sites is 1. The van der Waals surface area contributed by atoms with E-state index in [0.717, 1.165) is 17.7 Å². The van der Waals surface area contributed by atoms with Gasteiger partial charge in [-0.15, -0.1) is 0 Å². The summed E-state index contributed by atoms with van der Waals surface area (Å²) >= 11 is 3.28. The van der Waals surface area contributed by atoms with E-state index < -0.39 is 7.92 Å². The van der Waals surface area contributed by atoms with Gasteiger partial charge in [-0.2, -0.15) is 0 Å². The van der Waals surface area contributed by atoms with E-state index in [2.05, 4.69) is 107 Å². The van der Waals surface area contributed by atoms with Crippen molar-refractivity contribution in [3.05, 3.63) is 121 Å². The molecule has 0 spiro atoms. The molecular formula is C26H24BrOP. The van der Waals surface area contributed by atoms with Crippen LogP contribution in [0.1, 0.15) is 0 Å². The Labute approximate surface area is 183 Å². The molecule has 0 aliphatic carbocycles. The minimum atomic E-state index is -0.446. The normalized spacial score (nSPS) is 10.1. The van der Waals surface area contributed by atoms with Gasteiger partial charge in [-0.25, -0.2) is 0 Å². The minimum Gasteiger partial charge on any atom is -0.493 e. The molecule has 0 aliphatic heterocycles. The Bertz CT molecular complexity index is 837. The van der Waals surface area contributed by atoms with E-state index in [1.807, 2.05) is 30.3 Å². The Morgan fingerprint density at radius 3 is 1.21 bits per heavy atom. The number of halogens is 1. The monoisotopic (exact) mass is 462 g/mol. The van der Waals surface area contributed by atoms with Crippen molar-refractivity contribution in [1.82, 2.24) is 0 Å². The first-order chi connectivity index (χ1) is 14.4. The fourth-order valence-electron chi connectivity index (χ4n) is 2.85. The molecule has 0 saturated heterocycles. The number of rotatable bonds is 6. The van der Waals surface area contributed by atoms with Crippen LogP contribution in [0, 0.1) is 0 Å². The molecule has 0 saturated carbocycles. The quantitative estimate of drug-likeness (QED) is 0.255. The minimum absolute atomic E-state index is 0.446. The van der Waals surface area contributed by atoms with Gasteiger partial charge in [0.15, 0.2) is 0 Å². The second kappa shape index (κ2) is 12.2. The van der Waals surface area contributed by atoms with Crippen LogP contribution in [-0.4, -0.2) is 11.9 Å². The van der Waals surface area contributed by atoms with Crippen molar-refractivity contribution in [2.45, 2.75) is 0 Å². The summed E-state index contributed by atoms with van der Waals surface area (Å²) in [5.41, 5.74) is 0. The zero-order chi connectivity index (χ0) is 20.2. The lowest BCUT2D eigenvalue weighted by atomic mass is 10.3. The Balaban J connectivity index is 0.000000204. The fourth-order valence-corrected chi connectivity index (χ4v) is 5.32. The molecule has 0 aromatic heterocycles. The van der Waals surface area contributed by atoms with Gasteiger partial charge in [0.25, 0.3) is 0 Å². The van der Waals surface area contributed by atoms with E-state index in [9.17, 15) is 0 Å². The number of benzene rings is 4. The van der Waals surface area contributed by atoms with Crippen molar-refractivity contribution in [3.63, 3.8) is 0 Å². The van der Waals surface area contributed by atoms with E-state index in [0.29, 0.717) is 0 Å². The molecule has 0 aliphatic rings. The van der Waals surface area contributed by atoms with E-state index in [-0.39, 0.29) is 0 Å². The maximum absolute atomic E-state index is 5.31. The topological polar surface area (TPSA) is 9.23 Å². The average molecular weight is 463 g/mol. The summed E-state index contributed by atoms with van der Waals surface area (Å²) in [4.78, 5) is 0. The van der Waals surface area contributed by atoms with Gasteiger partial charge in [0.05, 0.1) is 6.61 Å². The Kier molecular flexibility index (Phi) is 8.97. The van der Waals surface area contributed by atoms with Gasteiger partial charge in [0.2, 0.25) is 0 Å². The Morgan fingerprint density at radius 2 is 0.862 bits per heavy atom. The zero-order valence-corrected chi connectivity index (χ0v) is 18.7. The highest BCUT2D eigenvalue weighted by Gasteiger charge is 2.14. The number of hydrogen-bond donors (Lipinski definition) is 0. The second-order valence-electron chi connectivity index (χ2n) is 6.19. The zero-order valence-electron chi connectivity index (χ0n) is 16.2. The summed E-state index contributed by atoms with van der Waals surface area (Å²) in [5.74, 6) is 0.932. The lowest BCUT2D eigenvalue weighted by Crippen LogP contribution is -2.20. The van der Waals surface area contributed by atoms with Crippen LogP contribution in [-0.2, 0) is 0 Å². The van der Waals surface area contributed by atoms with Crippen molar-refractivity contribution in [2.24, 2.45) is 0 Å². The molecule has 0 heterocycles. The molecule has 0 bridgehead atoms. The van der Waals surface area contributed by atoms with Gasteiger partial charge in [0, 0.05) is 5.33 Å². The van der Waals surface area contributed by atoms with Crippen LogP contribution in [0.25, 0.3) is 0 Å². The van der Waals surface area contributed by atoms with E-state index in [1.54, 1.807) is 0 Å². The van der Waals surface area contributed by atoms with E-state index in [1.165, 1.54) is 15.9 Å². The summed E-state index contributed by atoms with van der Waals surface area (Å²) in [6.07, 6.45) is 0. The van der Waals surface area contributed by atoms with Crippen molar-refractivity contribution < 1.29 is 4.74 Å². The maximum Gasteiger partial charge on any atom is 0.119 e. The first-order valence-corrected chi connectivity index (χ1v) is 12.0. The van der Waals surface area contributed by atoms with Crippen molar-refractivity contribution in [2.75, 3.05) is 11.9 Å². The third-order valence-corrected chi connectivity index (χ3v) is 6.90.